The van der Waals surface area contributed by atoms with Gasteiger partial charge >= 0.3 is 6.03 Å². The fraction of sp³-hybridized carbons (Fsp3) is 0.0571. The maximum absolute atomic E-state index is 13.7. The quantitative estimate of drug-likeness (QED) is 0.0602. The van der Waals surface area contributed by atoms with Crippen LogP contribution in [0.3, 0.4) is 0 Å². The van der Waals surface area contributed by atoms with Gasteiger partial charge in [-0.1, -0.05) is 60.7 Å². The molecule has 0 aliphatic carbocycles. The van der Waals surface area contributed by atoms with Gasteiger partial charge < -0.3 is 20.8 Å². The largest absolute Gasteiger partial charge is 0.507 e. The predicted octanol–water partition coefficient (Wildman–Crippen LogP) is 5.76. The van der Waals surface area contributed by atoms with Crippen LogP contribution in [0.5, 0.6) is 11.5 Å². The lowest BCUT2D eigenvalue weighted by atomic mass is 10.1. The van der Waals surface area contributed by atoms with E-state index in [0.29, 0.717) is 12.1 Å². The normalized spacial score (nSPS) is 12.4. The molecule has 0 heterocycles. The van der Waals surface area contributed by atoms with Gasteiger partial charge in [-0.25, -0.2) is 21.6 Å². The number of aromatic hydroxyl groups is 2. The van der Waals surface area contributed by atoms with E-state index < -0.39 is 88.8 Å². The van der Waals surface area contributed by atoms with Crippen molar-refractivity contribution in [3.05, 3.63) is 108 Å². The van der Waals surface area contributed by atoms with Crippen LogP contribution in [-0.4, -0.2) is 59.0 Å². The maximum Gasteiger partial charge on any atom is 0.323 e. The molecule has 0 spiro atoms. The highest BCUT2D eigenvalue weighted by molar-refractivity contribution is 7.93. The summed E-state index contributed by atoms with van der Waals surface area (Å²) in [5.41, 5.74) is -0.887. The molecule has 21 heteroatoms. The average molecular weight is 843 g/mol. The number of aryl methyl sites for hydroxylation is 2. The van der Waals surface area contributed by atoms with Gasteiger partial charge in [0.25, 0.3) is 40.3 Å². The highest BCUT2D eigenvalue weighted by Crippen LogP contribution is 2.40. The third-order valence-electron chi connectivity index (χ3n) is 8.47. The zero-order chi connectivity index (χ0) is 41.0. The molecule has 0 aliphatic rings. The predicted molar refractivity (Wildman–Crippen MR) is 207 cm³/mol. The van der Waals surface area contributed by atoms with Gasteiger partial charge in [-0.05, 0) is 49.2 Å². The van der Waals surface area contributed by atoms with E-state index in [4.69, 9.17) is 0 Å². The third-order valence-corrected chi connectivity index (χ3v) is 13.2. The van der Waals surface area contributed by atoms with Crippen LogP contribution in [-0.2, 0) is 40.3 Å². The summed E-state index contributed by atoms with van der Waals surface area (Å²) in [5, 5.41) is 25.7. The van der Waals surface area contributed by atoms with E-state index in [0.717, 1.165) is 12.1 Å². The van der Waals surface area contributed by atoms with Crippen LogP contribution in [0.15, 0.2) is 117 Å². The summed E-state index contributed by atoms with van der Waals surface area (Å²) in [4.78, 5) is 10.5. The summed E-state index contributed by atoms with van der Waals surface area (Å²) in [6.07, 6.45) is 0. The Hall–Kier alpha value is -5.97. The van der Waals surface area contributed by atoms with Crippen molar-refractivity contribution in [2.75, 3.05) is 20.1 Å². The molecule has 8 N–H and O–H groups in total. The summed E-state index contributed by atoms with van der Waals surface area (Å²) < 4.78 is 128. The Morgan fingerprint density at radius 1 is 0.482 bits per heavy atom. The number of phenols is 2. The number of fused-ring (bicyclic) bond motifs is 2. The first-order valence-electron chi connectivity index (χ1n) is 15.9. The van der Waals surface area contributed by atoms with E-state index in [1.807, 2.05) is 0 Å². The fourth-order valence-corrected chi connectivity index (χ4v) is 10.1. The standard InChI is InChI=1S/C35H30N4O13S4/c1-19-11-13-21(15-29(19)53(43,44)38-33-25-9-5-3-7-23(25)27(40)17-31(33)55(47,48)49)36-35(42)37-22-14-12-20(2)30(16-22)54(45,46)39-34-26-10-6-4-8-24(26)28(41)18-32(34)56(50,51)52/h3-18,38-41H,1-2H3,(H2,36,37,42)(H,47,48,49)(H,50,51,52). The van der Waals surface area contributed by atoms with Gasteiger partial charge in [-0.15, -0.1) is 0 Å². The first kappa shape index (κ1) is 39.7. The Morgan fingerprint density at radius 3 is 1.16 bits per heavy atom. The highest BCUT2D eigenvalue weighted by Gasteiger charge is 2.28. The molecule has 0 atom stereocenters. The van der Waals surface area contributed by atoms with Crippen molar-refractivity contribution in [3.8, 4) is 11.5 Å². The van der Waals surface area contributed by atoms with E-state index in [9.17, 15) is 57.8 Å². The second-order valence-electron chi connectivity index (χ2n) is 12.3. The van der Waals surface area contributed by atoms with Crippen LogP contribution < -0.4 is 20.1 Å². The van der Waals surface area contributed by atoms with Crippen LogP contribution in [0, 0.1) is 13.8 Å². The molecule has 0 radical (unpaired) electrons. The van der Waals surface area contributed by atoms with E-state index in [1.54, 1.807) is 0 Å². The van der Waals surface area contributed by atoms with Crippen LogP contribution in [0.2, 0.25) is 0 Å². The van der Waals surface area contributed by atoms with Crippen LogP contribution in [0.4, 0.5) is 27.5 Å². The van der Waals surface area contributed by atoms with Gasteiger partial charge in [0.05, 0.1) is 21.2 Å². The van der Waals surface area contributed by atoms with Crippen molar-refractivity contribution in [3.63, 3.8) is 0 Å². The molecule has 0 saturated heterocycles. The Kier molecular flexibility index (Phi) is 10.1. The molecule has 2 amide bonds. The second kappa shape index (κ2) is 14.3. The maximum atomic E-state index is 13.7. The number of carbonyl (C=O) groups is 1. The molecule has 17 nitrogen and oxygen atoms in total. The van der Waals surface area contributed by atoms with Crippen molar-refractivity contribution in [1.82, 2.24) is 0 Å². The summed E-state index contributed by atoms with van der Waals surface area (Å²) >= 11 is 0. The number of anilines is 4. The van der Waals surface area contributed by atoms with Crippen LogP contribution >= 0.6 is 0 Å². The molecule has 6 rings (SSSR count). The smallest absolute Gasteiger partial charge is 0.323 e. The zero-order valence-electron chi connectivity index (χ0n) is 28.8. The van der Waals surface area contributed by atoms with Crippen molar-refractivity contribution >= 4 is 90.6 Å². The topological polar surface area (TPSA) is 283 Å². The van der Waals surface area contributed by atoms with Gasteiger partial charge in [0.1, 0.15) is 21.3 Å². The molecule has 0 fully saturated rings. The van der Waals surface area contributed by atoms with Crippen molar-refractivity contribution < 1.29 is 57.8 Å². The minimum absolute atomic E-state index is 0.0417. The number of benzene rings is 6. The number of hydrogen-bond acceptors (Lipinski definition) is 11. The van der Waals surface area contributed by atoms with Gasteiger partial charge in [0, 0.05) is 45.1 Å². The Bertz CT molecular complexity index is 2880. The van der Waals surface area contributed by atoms with E-state index in [1.165, 1.54) is 86.6 Å². The number of hydrogen-bond donors (Lipinski definition) is 8. The van der Waals surface area contributed by atoms with Gasteiger partial charge in [0.15, 0.2) is 0 Å². The van der Waals surface area contributed by atoms with Crippen LogP contribution in [0.25, 0.3) is 21.5 Å². The Labute approximate surface area is 320 Å². The first-order valence-corrected chi connectivity index (χ1v) is 21.7. The van der Waals surface area contributed by atoms with E-state index in [2.05, 4.69) is 20.1 Å². The number of amides is 2. The van der Waals surface area contributed by atoms with Gasteiger partial charge in [-0.2, -0.15) is 16.8 Å². The molecular weight excluding hydrogens is 813 g/mol. The number of urea groups is 1. The summed E-state index contributed by atoms with van der Waals surface area (Å²) in [5.74, 6) is -1.06. The lowest BCUT2D eigenvalue weighted by Crippen LogP contribution is -2.21. The van der Waals surface area contributed by atoms with Crippen molar-refractivity contribution in [2.45, 2.75) is 33.4 Å². The van der Waals surface area contributed by atoms with Gasteiger partial charge in [-0.3, -0.25) is 18.5 Å². The molecule has 292 valence electrons. The number of carbonyl (C=O) groups excluding carboxylic acids is 1. The minimum atomic E-state index is -5.05. The minimum Gasteiger partial charge on any atom is -0.507 e. The molecular formula is C35H30N4O13S4. The molecule has 56 heavy (non-hydrogen) atoms. The molecule has 0 saturated carbocycles. The second-order valence-corrected chi connectivity index (χ2v) is 18.4. The molecule has 6 aromatic carbocycles. The third kappa shape index (κ3) is 7.89. The summed E-state index contributed by atoms with van der Waals surface area (Å²) in [6.45, 7) is 2.86. The lowest BCUT2D eigenvalue weighted by Gasteiger charge is -2.17. The molecule has 0 bridgehead atoms. The number of nitrogens with one attached hydrogen (secondary N) is 4. The highest BCUT2D eigenvalue weighted by atomic mass is 32.2. The zero-order valence-corrected chi connectivity index (χ0v) is 32.1. The number of rotatable bonds is 10. The summed E-state index contributed by atoms with van der Waals surface area (Å²) in [6, 6.07) is 19.4. The molecule has 6 aromatic rings. The average Bonchev–Trinajstić information content (AvgIpc) is 3.11. The molecule has 0 unspecified atom stereocenters. The summed E-state index contributed by atoms with van der Waals surface area (Å²) in [7, 11) is -19.4. The Morgan fingerprint density at radius 2 is 0.821 bits per heavy atom. The molecule has 0 aromatic heterocycles. The van der Waals surface area contributed by atoms with Crippen LogP contribution in [0.1, 0.15) is 11.1 Å². The number of sulfonamides is 2. The SMILES string of the molecule is Cc1ccc(NC(=O)Nc2ccc(C)c(S(=O)(=O)Nc3c(S(=O)(=O)O)cc(O)c4ccccc34)c2)cc1S(=O)(=O)Nc1c(S(=O)(=O)O)cc(O)c2ccccc12. The van der Waals surface area contributed by atoms with E-state index >= 15 is 0 Å². The van der Waals surface area contributed by atoms with Crippen molar-refractivity contribution in [2.24, 2.45) is 0 Å². The first-order chi connectivity index (χ1) is 26.1. The lowest BCUT2D eigenvalue weighted by molar-refractivity contribution is 0.262. The monoisotopic (exact) mass is 842 g/mol. The van der Waals surface area contributed by atoms with Crippen molar-refractivity contribution in [1.29, 1.82) is 0 Å². The van der Waals surface area contributed by atoms with E-state index in [-0.39, 0.29) is 44.0 Å². The number of phenolic OH excluding ortho intramolecular Hbond substituents is 2. The fourth-order valence-electron chi connectivity index (χ4n) is 5.89. The Balaban J connectivity index is 1.28. The van der Waals surface area contributed by atoms with Gasteiger partial charge in [0.2, 0.25) is 0 Å². The molecule has 0 aliphatic heterocycles.